The number of hydrogen-bond donors (Lipinski definition) is 2. The summed E-state index contributed by atoms with van der Waals surface area (Å²) in [6.07, 6.45) is -6.89. The minimum Gasteiger partial charge on any atom is -0.382 e. The fraction of sp³-hybridized carbons (Fsp3) is 0.565. The van der Waals surface area contributed by atoms with E-state index in [0.717, 1.165) is 26.6 Å². The SMILES string of the molecule is BC1(B)N([C@H](COC)c2cnn3cc([C@H](COC(C)(C)C(F)(F)F)NC(=O)c4nonc4C)nc3c2)C(=O)N[C@]1(B)C(F)(F)F. The lowest BCUT2D eigenvalue weighted by Crippen LogP contribution is -2.70. The number of carbonyl (C=O) groups excluding carboxylic acids is 2. The van der Waals surface area contributed by atoms with Gasteiger partial charge >= 0.3 is 18.4 Å². The molecular weight excluding hydrogens is 615 g/mol. The van der Waals surface area contributed by atoms with Gasteiger partial charge in [0.1, 0.15) is 34.7 Å². The maximum absolute atomic E-state index is 14.1. The molecule has 22 heteroatoms. The third-order valence-electron chi connectivity index (χ3n) is 8.17. The van der Waals surface area contributed by atoms with Crippen LogP contribution in [0.5, 0.6) is 0 Å². The van der Waals surface area contributed by atoms with Crippen LogP contribution in [0.3, 0.4) is 0 Å². The van der Waals surface area contributed by atoms with Gasteiger partial charge in [-0.05, 0) is 32.0 Å². The van der Waals surface area contributed by atoms with Crippen molar-refractivity contribution in [1.29, 1.82) is 0 Å². The lowest BCUT2D eigenvalue weighted by atomic mass is 9.44. The molecule has 0 saturated carbocycles. The van der Waals surface area contributed by atoms with Gasteiger partial charge in [0, 0.05) is 18.0 Å². The largest absolute Gasteiger partial charge is 0.416 e. The van der Waals surface area contributed by atoms with Crippen molar-refractivity contribution in [3.8, 4) is 0 Å². The van der Waals surface area contributed by atoms with Crippen LogP contribution in [-0.4, -0.2) is 114 Å². The van der Waals surface area contributed by atoms with Crippen LogP contribution in [0.1, 0.15) is 53.4 Å². The molecule has 3 aromatic rings. The van der Waals surface area contributed by atoms with E-state index in [1.54, 1.807) is 0 Å². The number of alkyl halides is 6. The molecule has 0 bridgehead atoms. The molecule has 0 aromatic carbocycles. The van der Waals surface area contributed by atoms with Crippen molar-refractivity contribution in [3.05, 3.63) is 41.1 Å². The average molecular weight is 644 g/mol. The molecule has 0 spiro atoms. The molecule has 3 atom stereocenters. The zero-order valence-corrected chi connectivity index (χ0v) is 25.3. The number of carbonyl (C=O) groups is 2. The van der Waals surface area contributed by atoms with Gasteiger partial charge in [-0.15, -0.1) is 0 Å². The Hall–Kier alpha value is -3.81. The van der Waals surface area contributed by atoms with Crippen LogP contribution in [-0.2, 0) is 9.47 Å². The van der Waals surface area contributed by atoms with Gasteiger partial charge in [-0.2, -0.15) is 31.4 Å². The highest BCUT2D eigenvalue weighted by molar-refractivity contribution is 6.47. The monoisotopic (exact) mass is 644 g/mol. The summed E-state index contributed by atoms with van der Waals surface area (Å²) in [4.78, 5) is 31.3. The van der Waals surface area contributed by atoms with Gasteiger partial charge in [0.05, 0.1) is 43.4 Å². The Morgan fingerprint density at radius 2 is 1.82 bits per heavy atom. The highest BCUT2D eigenvalue weighted by Crippen LogP contribution is 2.44. The number of methoxy groups -OCH3 is 1. The van der Waals surface area contributed by atoms with Crippen LogP contribution < -0.4 is 10.6 Å². The number of nitrogens with one attached hydrogen (secondary N) is 2. The molecule has 3 amide bonds. The molecule has 45 heavy (non-hydrogen) atoms. The molecule has 4 rings (SSSR count). The van der Waals surface area contributed by atoms with Crippen molar-refractivity contribution in [3.63, 3.8) is 0 Å². The molecule has 0 radical (unpaired) electrons. The van der Waals surface area contributed by atoms with E-state index in [9.17, 15) is 35.9 Å². The van der Waals surface area contributed by atoms with Crippen LogP contribution in [0.15, 0.2) is 23.1 Å². The Morgan fingerprint density at radius 3 is 2.36 bits per heavy atom. The molecule has 0 unspecified atom stereocenters. The molecule has 1 aliphatic rings. The highest BCUT2D eigenvalue weighted by Gasteiger charge is 2.67. The van der Waals surface area contributed by atoms with Crippen LogP contribution in [0.4, 0.5) is 31.1 Å². The number of aromatic nitrogens is 5. The normalized spacial score (nSPS) is 20.3. The zero-order chi connectivity index (χ0) is 33.8. The Bertz CT molecular complexity index is 1580. The van der Waals surface area contributed by atoms with Crippen LogP contribution in [0.2, 0.25) is 0 Å². The molecule has 2 N–H and O–H groups in total. The number of halogens is 6. The number of imidazole rings is 1. The summed E-state index contributed by atoms with van der Waals surface area (Å²) < 4.78 is 99.1. The second-order valence-electron chi connectivity index (χ2n) is 11.8. The molecule has 242 valence electrons. The molecule has 1 saturated heterocycles. The second-order valence-corrected chi connectivity index (χ2v) is 11.8. The number of urea groups is 1. The lowest BCUT2D eigenvalue weighted by molar-refractivity contribution is -0.265. The van der Waals surface area contributed by atoms with E-state index >= 15 is 0 Å². The molecule has 1 fully saturated rings. The maximum Gasteiger partial charge on any atom is 0.416 e. The Morgan fingerprint density at radius 1 is 1.16 bits per heavy atom. The van der Waals surface area contributed by atoms with Crippen molar-refractivity contribution < 1.29 is 50.0 Å². The van der Waals surface area contributed by atoms with Crippen molar-refractivity contribution in [1.82, 2.24) is 40.4 Å². The number of amides is 3. The standard InChI is InChI=1S/C23H29B3F6N8O5/c1-10-16(38-45-37-10)17(41)35-13(8-44-19(2,3)22(27,28)29)12-7-39-15(34-12)5-11(6-33-39)14(9-43-4)40-18(42)36-20(24,21(40,25)26)23(30,31)32/h5-7,13-14H,8-9,24-26H2,1-4H3,(H,35,41)(H,36,42)/t13-,14+,20-/m0/s1. The van der Waals surface area contributed by atoms with E-state index < -0.39 is 59.4 Å². The van der Waals surface area contributed by atoms with Gasteiger partial charge < -0.3 is 25.0 Å². The number of nitrogens with zero attached hydrogens (tertiary/aromatic N) is 6. The van der Waals surface area contributed by atoms with Crippen LogP contribution >= 0.6 is 0 Å². The number of fused-ring (bicyclic) bond motifs is 1. The van der Waals surface area contributed by atoms with Gasteiger partial charge in [0.2, 0.25) is 0 Å². The second kappa shape index (κ2) is 11.5. The summed E-state index contributed by atoms with van der Waals surface area (Å²) in [6.45, 7) is 2.20. The molecule has 13 nitrogen and oxygen atoms in total. The molecule has 0 aliphatic carbocycles. The summed E-state index contributed by atoms with van der Waals surface area (Å²) in [5, 5.41) is 14.1. The van der Waals surface area contributed by atoms with Crippen molar-refractivity contribution >= 4 is 41.1 Å². The van der Waals surface area contributed by atoms with Crippen molar-refractivity contribution in [2.24, 2.45) is 0 Å². The van der Waals surface area contributed by atoms with E-state index in [2.05, 4.69) is 35.7 Å². The first-order valence-electron chi connectivity index (χ1n) is 13.5. The first-order chi connectivity index (χ1) is 20.6. The van der Waals surface area contributed by atoms with E-state index in [1.165, 1.54) is 52.7 Å². The predicted molar refractivity (Wildman–Crippen MR) is 150 cm³/mol. The third kappa shape index (κ3) is 6.08. The number of rotatable bonds is 10. The summed E-state index contributed by atoms with van der Waals surface area (Å²) in [7, 11) is 4.77. The van der Waals surface area contributed by atoms with Gasteiger partial charge in [0.15, 0.2) is 16.9 Å². The van der Waals surface area contributed by atoms with Crippen LogP contribution in [0, 0.1) is 6.92 Å². The fourth-order valence-corrected chi connectivity index (χ4v) is 4.85. The Kier molecular flexibility index (Phi) is 8.73. The quantitative estimate of drug-likeness (QED) is 0.226. The topological polar surface area (TPSA) is 149 Å². The first-order valence-corrected chi connectivity index (χ1v) is 13.5. The molecular formula is C23H29B3F6N8O5. The average Bonchev–Trinajstić information content (AvgIpc) is 3.58. The third-order valence-corrected chi connectivity index (χ3v) is 8.17. The predicted octanol–water partition coefficient (Wildman–Crippen LogP) is -0.226. The van der Waals surface area contributed by atoms with Crippen molar-refractivity contribution in [2.45, 2.75) is 61.6 Å². The maximum atomic E-state index is 14.1. The molecule has 3 aromatic heterocycles. The highest BCUT2D eigenvalue weighted by atomic mass is 19.4. The number of ether oxygens (including phenoxy) is 2. The minimum absolute atomic E-state index is 0.0345. The molecule has 4 heterocycles. The Balaban J connectivity index is 1.71. The minimum atomic E-state index is -4.79. The summed E-state index contributed by atoms with van der Waals surface area (Å²) in [6, 6.07) is -1.85. The van der Waals surface area contributed by atoms with E-state index in [-0.39, 0.29) is 34.9 Å². The summed E-state index contributed by atoms with van der Waals surface area (Å²) in [5.41, 5.74) is -4.87. The zero-order valence-electron chi connectivity index (χ0n) is 25.3. The number of aryl methyl sites for hydroxylation is 1. The number of hydrogen-bond acceptors (Lipinski definition) is 9. The fourth-order valence-electron chi connectivity index (χ4n) is 4.85. The molecule has 1 aliphatic heterocycles. The summed E-state index contributed by atoms with van der Waals surface area (Å²) in [5.74, 6) is -0.826. The van der Waals surface area contributed by atoms with E-state index in [0.29, 0.717) is 0 Å². The van der Waals surface area contributed by atoms with Gasteiger partial charge in [-0.1, -0.05) is 5.16 Å². The van der Waals surface area contributed by atoms with E-state index in [4.69, 9.17) is 9.47 Å². The van der Waals surface area contributed by atoms with E-state index in [1.807, 2.05) is 0 Å². The van der Waals surface area contributed by atoms with Gasteiger partial charge in [0.25, 0.3) is 5.91 Å². The summed E-state index contributed by atoms with van der Waals surface area (Å²) >= 11 is 0. The Labute approximate surface area is 254 Å². The van der Waals surface area contributed by atoms with Crippen molar-refractivity contribution in [2.75, 3.05) is 20.3 Å². The van der Waals surface area contributed by atoms with Crippen LogP contribution in [0.25, 0.3) is 5.65 Å². The lowest BCUT2D eigenvalue weighted by Gasteiger charge is -2.45. The smallest absolute Gasteiger partial charge is 0.382 e. The van der Waals surface area contributed by atoms with Gasteiger partial charge in [-0.25, -0.2) is 18.9 Å². The first kappa shape index (κ1) is 34.1. The van der Waals surface area contributed by atoms with Gasteiger partial charge in [-0.3, -0.25) is 4.79 Å².